The summed E-state index contributed by atoms with van der Waals surface area (Å²) in [5.41, 5.74) is 5.81. The quantitative estimate of drug-likeness (QED) is 0.840. The summed E-state index contributed by atoms with van der Waals surface area (Å²) in [7, 11) is -4.20. The standard InChI is InChI=1S/C11H13F3N2O2S2/c1-2-16(7-11(12,13)14)20(17,18)9-5-3-8(4-6-9)10(15)19/h3-6H,2,7H2,1H3,(H2,15,19). The predicted molar refractivity (Wildman–Crippen MR) is 72.8 cm³/mol. The zero-order valence-electron chi connectivity index (χ0n) is 10.5. The van der Waals surface area contributed by atoms with E-state index in [0.717, 1.165) is 0 Å². The molecular weight excluding hydrogens is 313 g/mol. The van der Waals surface area contributed by atoms with E-state index in [1.807, 2.05) is 0 Å². The number of benzene rings is 1. The topological polar surface area (TPSA) is 63.4 Å². The Balaban J connectivity index is 3.11. The van der Waals surface area contributed by atoms with E-state index in [4.69, 9.17) is 18.0 Å². The third-order valence-corrected chi connectivity index (χ3v) is 4.66. The van der Waals surface area contributed by atoms with Gasteiger partial charge in [0.05, 0.1) is 4.90 Å². The second-order valence-corrected chi connectivity index (χ2v) is 6.31. The van der Waals surface area contributed by atoms with Crippen molar-refractivity contribution in [2.45, 2.75) is 18.0 Å². The molecular formula is C11H13F3N2O2S2. The van der Waals surface area contributed by atoms with Crippen LogP contribution in [0.3, 0.4) is 0 Å². The highest BCUT2D eigenvalue weighted by atomic mass is 32.2. The van der Waals surface area contributed by atoms with Crippen LogP contribution in [0.2, 0.25) is 0 Å². The number of sulfonamides is 1. The van der Waals surface area contributed by atoms with Crippen LogP contribution < -0.4 is 5.73 Å². The van der Waals surface area contributed by atoms with E-state index in [1.165, 1.54) is 31.2 Å². The van der Waals surface area contributed by atoms with Gasteiger partial charge in [-0.2, -0.15) is 17.5 Å². The van der Waals surface area contributed by atoms with Crippen LogP contribution in [-0.4, -0.2) is 37.0 Å². The van der Waals surface area contributed by atoms with Crippen molar-refractivity contribution in [3.05, 3.63) is 29.8 Å². The first-order valence-electron chi connectivity index (χ1n) is 5.54. The zero-order chi connectivity index (χ0) is 15.6. The van der Waals surface area contributed by atoms with Crippen molar-refractivity contribution in [2.75, 3.05) is 13.1 Å². The molecule has 1 rings (SSSR count). The molecule has 20 heavy (non-hydrogen) atoms. The van der Waals surface area contributed by atoms with Gasteiger partial charge in [0.25, 0.3) is 0 Å². The van der Waals surface area contributed by atoms with Crippen LogP contribution in [0, 0.1) is 0 Å². The van der Waals surface area contributed by atoms with Crippen LogP contribution in [0.25, 0.3) is 0 Å². The molecule has 0 radical (unpaired) electrons. The first-order valence-corrected chi connectivity index (χ1v) is 7.39. The Labute approximate surface area is 120 Å². The summed E-state index contributed by atoms with van der Waals surface area (Å²) in [6.45, 7) is -0.464. The largest absolute Gasteiger partial charge is 0.402 e. The number of halogens is 3. The van der Waals surface area contributed by atoms with Crippen LogP contribution in [0.1, 0.15) is 12.5 Å². The second kappa shape index (κ2) is 6.06. The number of hydrogen-bond acceptors (Lipinski definition) is 3. The lowest BCUT2D eigenvalue weighted by Crippen LogP contribution is -2.38. The van der Waals surface area contributed by atoms with Gasteiger partial charge in [0.1, 0.15) is 11.5 Å². The zero-order valence-corrected chi connectivity index (χ0v) is 12.1. The molecule has 0 atom stereocenters. The van der Waals surface area contributed by atoms with Gasteiger partial charge in [0.2, 0.25) is 10.0 Å². The number of thiocarbonyl (C=S) groups is 1. The van der Waals surface area contributed by atoms with E-state index in [2.05, 4.69) is 0 Å². The molecule has 4 nitrogen and oxygen atoms in total. The van der Waals surface area contributed by atoms with E-state index in [-0.39, 0.29) is 16.4 Å². The molecule has 1 aromatic rings. The monoisotopic (exact) mass is 326 g/mol. The molecule has 112 valence electrons. The van der Waals surface area contributed by atoms with Crippen molar-refractivity contribution in [3.63, 3.8) is 0 Å². The average Bonchev–Trinajstić information content (AvgIpc) is 2.34. The minimum Gasteiger partial charge on any atom is -0.389 e. The Morgan fingerprint density at radius 3 is 2.15 bits per heavy atom. The normalized spacial score (nSPS) is 12.7. The Kier molecular flexibility index (Phi) is 5.11. The van der Waals surface area contributed by atoms with E-state index >= 15 is 0 Å². The second-order valence-electron chi connectivity index (χ2n) is 3.94. The highest BCUT2D eigenvalue weighted by Crippen LogP contribution is 2.22. The van der Waals surface area contributed by atoms with E-state index in [9.17, 15) is 21.6 Å². The Morgan fingerprint density at radius 2 is 1.80 bits per heavy atom. The van der Waals surface area contributed by atoms with Gasteiger partial charge in [-0.05, 0) is 12.1 Å². The predicted octanol–water partition coefficient (Wildman–Crippen LogP) is 1.89. The lowest BCUT2D eigenvalue weighted by atomic mass is 10.2. The molecule has 1 aromatic carbocycles. The molecule has 0 amide bonds. The third kappa shape index (κ3) is 4.15. The number of nitrogens with zero attached hydrogens (tertiary/aromatic N) is 1. The molecule has 0 saturated heterocycles. The van der Waals surface area contributed by atoms with Crippen molar-refractivity contribution in [3.8, 4) is 0 Å². The Hall–Kier alpha value is -1.19. The molecule has 0 saturated carbocycles. The number of hydrogen-bond donors (Lipinski definition) is 1. The summed E-state index contributed by atoms with van der Waals surface area (Å²) in [6, 6.07) is 5.08. The first kappa shape index (κ1) is 16.9. The molecule has 0 fully saturated rings. The van der Waals surface area contributed by atoms with Crippen LogP contribution in [0.5, 0.6) is 0 Å². The molecule has 9 heteroatoms. The van der Waals surface area contributed by atoms with Gasteiger partial charge in [-0.3, -0.25) is 0 Å². The van der Waals surface area contributed by atoms with Gasteiger partial charge in [-0.15, -0.1) is 0 Å². The van der Waals surface area contributed by atoms with E-state index < -0.39 is 22.7 Å². The lowest BCUT2D eigenvalue weighted by molar-refractivity contribution is -0.135. The molecule has 0 heterocycles. The van der Waals surface area contributed by atoms with E-state index in [0.29, 0.717) is 9.87 Å². The van der Waals surface area contributed by atoms with Gasteiger partial charge in [-0.25, -0.2) is 8.42 Å². The maximum absolute atomic E-state index is 12.4. The molecule has 0 aliphatic heterocycles. The fraction of sp³-hybridized carbons (Fsp3) is 0.364. The molecule has 0 aliphatic carbocycles. The van der Waals surface area contributed by atoms with Gasteiger partial charge in [0, 0.05) is 12.1 Å². The van der Waals surface area contributed by atoms with Crippen LogP contribution >= 0.6 is 12.2 Å². The molecule has 0 bridgehead atoms. The molecule has 0 aromatic heterocycles. The SMILES string of the molecule is CCN(CC(F)(F)F)S(=O)(=O)c1ccc(C(N)=S)cc1. The summed E-state index contributed by atoms with van der Waals surface area (Å²) in [5.74, 6) is 0. The van der Waals surface area contributed by atoms with E-state index in [1.54, 1.807) is 0 Å². The summed E-state index contributed by atoms with van der Waals surface area (Å²) in [4.78, 5) is -0.153. The van der Waals surface area contributed by atoms with Gasteiger partial charge < -0.3 is 5.73 Å². The smallest absolute Gasteiger partial charge is 0.389 e. The van der Waals surface area contributed by atoms with Crippen molar-refractivity contribution >= 4 is 27.2 Å². The van der Waals surface area contributed by atoms with Gasteiger partial charge >= 0.3 is 6.18 Å². The first-order chi connectivity index (χ1) is 9.08. The fourth-order valence-electron chi connectivity index (χ4n) is 1.51. The Morgan fingerprint density at radius 1 is 1.30 bits per heavy atom. The molecule has 0 spiro atoms. The van der Waals surface area contributed by atoms with Gasteiger partial charge in [-0.1, -0.05) is 31.3 Å². The highest BCUT2D eigenvalue weighted by Gasteiger charge is 2.36. The summed E-state index contributed by atoms with van der Waals surface area (Å²) in [6.07, 6.45) is -4.60. The Bertz CT molecular complexity index is 583. The van der Waals surface area contributed by atoms with Gasteiger partial charge in [0.15, 0.2) is 0 Å². The van der Waals surface area contributed by atoms with Crippen molar-refractivity contribution in [2.24, 2.45) is 5.73 Å². The summed E-state index contributed by atoms with van der Waals surface area (Å²) in [5, 5.41) is 0. The fourth-order valence-corrected chi connectivity index (χ4v) is 3.08. The van der Waals surface area contributed by atoms with Crippen molar-refractivity contribution < 1.29 is 21.6 Å². The molecule has 2 N–H and O–H groups in total. The number of nitrogens with two attached hydrogens (primary N) is 1. The van der Waals surface area contributed by atoms with Crippen molar-refractivity contribution in [1.82, 2.24) is 4.31 Å². The maximum Gasteiger partial charge on any atom is 0.402 e. The summed E-state index contributed by atoms with van der Waals surface area (Å²) < 4.78 is 61.6. The lowest BCUT2D eigenvalue weighted by Gasteiger charge is -2.21. The average molecular weight is 326 g/mol. The summed E-state index contributed by atoms with van der Waals surface area (Å²) >= 11 is 4.71. The minimum atomic E-state index is -4.60. The van der Waals surface area contributed by atoms with Crippen molar-refractivity contribution in [1.29, 1.82) is 0 Å². The molecule has 0 unspecified atom stereocenters. The minimum absolute atomic E-state index is 0.0802. The van der Waals surface area contributed by atoms with Crippen LogP contribution in [0.15, 0.2) is 29.2 Å². The highest BCUT2D eigenvalue weighted by molar-refractivity contribution is 7.89. The molecule has 0 aliphatic rings. The van der Waals surface area contributed by atoms with Crippen LogP contribution in [-0.2, 0) is 10.0 Å². The maximum atomic E-state index is 12.4. The third-order valence-electron chi connectivity index (χ3n) is 2.48. The number of rotatable bonds is 5. The van der Waals surface area contributed by atoms with Crippen LogP contribution in [0.4, 0.5) is 13.2 Å². The number of alkyl halides is 3.